The van der Waals surface area contributed by atoms with Gasteiger partial charge in [0.2, 0.25) is 16.8 Å². The first-order chi connectivity index (χ1) is 9.81. The van der Waals surface area contributed by atoms with Crippen LogP contribution in [0.2, 0.25) is 0 Å². The van der Waals surface area contributed by atoms with Crippen LogP contribution in [0.25, 0.3) is 0 Å². The quantitative estimate of drug-likeness (QED) is 0.817. The lowest BCUT2D eigenvalue weighted by Gasteiger charge is -2.17. The summed E-state index contributed by atoms with van der Waals surface area (Å²) < 4.78 is 37.2. The molecule has 8 heteroatoms. The van der Waals surface area contributed by atoms with Crippen LogP contribution in [0.4, 0.5) is 0 Å². The summed E-state index contributed by atoms with van der Waals surface area (Å²) in [4.78, 5) is 11.1. The van der Waals surface area contributed by atoms with Gasteiger partial charge < -0.3 is 14.6 Å². The second-order valence-electron chi connectivity index (χ2n) is 5.13. The molecule has 0 fully saturated rings. The summed E-state index contributed by atoms with van der Waals surface area (Å²) in [5.74, 6) is -0.737. The number of hydrogen-bond donors (Lipinski definition) is 2. The number of nitrogens with one attached hydrogen (secondary N) is 1. The Hall–Kier alpha value is -1.80. The first-order valence-electron chi connectivity index (χ1n) is 6.45. The average molecular weight is 315 g/mol. The first-order valence-corrected chi connectivity index (χ1v) is 7.93. The summed E-state index contributed by atoms with van der Waals surface area (Å²) in [5, 5.41) is 9.14. The molecule has 7 nitrogen and oxygen atoms in total. The lowest BCUT2D eigenvalue weighted by Crippen LogP contribution is -2.41. The van der Waals surface area contributed by atoms with E-state index in [-0.39, 0.29) is 29.8 Å². The molecule has 2 N–H and O–H groups in total. The molecule has 1 aromatic carbocycles. The van der Waals surface area contributed by atoms with Crippen LogP contribution in [-0.2, 0) is 14.8 Å². The van der Waals surface area contributed by atoms with Crippen molar-refractivity contribution in [2.24, 2.45) is 5.92 Å². The Morgan fingerprint density at radius 1 is 1.38 bits per heavy atom. The Labute approximate surface area is 122 Å². The number of benzene rings is 1. The van der Waals surface area contributed by atoms with Gasteiger partial charge in [-0.15, -0.1) is 0 Å². The van der Waals surface area contributed by atoms with E-state index in [2.05, 4.69) is 4.72 Å². The summed E-state index contributed by atoms with van der Waals surface area (Å²) in [6.45, 7) is 3.58. The molecule has 0 amide bonds. The van der Waals surface area contributed by atoms with Crippen LogP contribution in [0.3, 0.4) is 0 Å². The number of hydrogen-bond acceptors (Lipinski definition) is 5. The average Bonchev–Trinajstić information content (AvgIpc) is 2.84. The number of para-hydroxylation sites is 1. The van der Waals surface area contributed by atoms with Gasteiger partial charge in [0.1, 0.15) is 10.9 Å². The number of ether oxygens (including phenoxy) is 2. The van der Waals surface area contributed by atoms with Crippen molar-refractivity contribution < 1.29 is 27.8 Å². The molecule has 0 saturated heterocycles. The van der Waals surface area contributed by atoms with Crippen LogP contribution >= 0.6 is 0 Å². The molecule has 1 heterocycles. The Morgan fingerprint density at radius 3 is 2.71 bits per heavy atom. The van der Waals surface area contributed by atoms with E-state index in [1.165, 1.54) is 12.1 Å². The molecule has 1 atom stereocenters. The van der Waals surface area contributed by atoms with E-state index in [0.717, 1.165) is 0 Å². The zero-order valence-corrected chi connectivity index (χ0v) is 12.5. The molecule has 1 aromatic rings. The van der Waals surface area contributed by atoms with Gasteiger partial charge in [0.05, 0.1) is 0 Å². The topological polar surface area (TPSA) is 102 Å². The molecular weight excluding hydrogens is 298 g/mol. The minimum Gasteiger partial charge on any atom is -0.480 e. The number of fused-ring (bicyclic) bond motifs is 1. The molecule has 116 valence electrons. The lowest BCUT2D eigenvalue weighted by atomic mass is 10.1. The summed E-state index contributed by atoms with van der Waals surface area (Å²) in [7, 11) is -4.01. The fourth-order valence-electron chi connectivity index (χ4n) is 2.04. The minimum absolute atomic E-state index is 0.0369. The maximum Gasteiger partial charge on any atom is 0.321 e. The molecule has 21 heavy (non-hydrogen) atoms. The van der Waals surface area contributed by atoms with Crippen molar-refractivity contribution in [2.75, 3.05) is 6.79 Å². The highest BCUT2D eigenvalue weighted by atomic mass is 32.2. The Bertz CT molecular complexity index is 640. The molecule has 0 aliphatic carbocycles. The second-order valence-corrected chi connectivity index (χ2v) is 6.81. The van der Waals surface area contributed by atoms with Crippen LogP contribution in [0, 0.1) is 5.92 Å². The Morgan fingerprint density at radius 2 is 2.10 bits per heavy atom. The highest BCUT2D eigenvalue weighted by molar-refractivity contribution is 7.89. The zero-order valence-electron chi connectivity index (χ0n) is 11.7. The van der Waals surface area contributed by atoms with E-state index in [0.29, 0.717) is 5.75 Å². The summed E-state index contributed by atoms with van der Waals surface area (Å²) in [6, 6.07) is 3.27. The zero-order chi connectivity index (χ0) is 15.6. The third-order valence-electron chi connectivity index (χ3n) is 2.95. The number of rotatable bonds is 6. The molecule has 0 unspecified atom stereocenters. The summed E-state index contributed by atoms with van der Waals surface area (Å²) in [5.41, 5.74) is 0. The molecule has 0 radical (unpaired) electrons. The van der Waals surface area contributed by atoms with Gasteiger partial charge in [0.15, 0.2) is 11.5 Å². The monoisotopic (exact) mass is 315 g/mol. The van der Waals surface area contributed by atoms with Gasteiger partial charge in [0.25, 0.3) is 0 Å². The van der Waals surface area contributed by atoms with E-state index in [4.69, 9.17) is 14.6 Å². The summed E-state index contributed by atoms with van der Waals surface area (Å²) >= 11 is 0. The van der Waals surface area contributed by atoms with Gasteiger partial charge in [-0.3, -0.25) is 4.79 Å². The minimum atomic E-state index is -4.01. The van der Waals surface area contributed by atoms with Crippen molar-refractivity contribution in [3.63, 3.8) is 0 Å². The van der Waals surface area contributed by atoms with Gasteiger partial charge in [0, 0.05) is 0 Å². The van der Waals surface area contributed by atoms with Crippen molar-refractivity contribution >= 4 is 16.0 Å². The third-order valence-corrected chi connectivity index (χ3v) is 4.45. The van der Waals surface area contributed by atoms with Crippen molar-refractivity contribution in [1.82, 2.24) is 4.72 Å². The molecule has 0 spiro atoms. The highest BCUT2D eigenvalue weighted by Gasteiger charge is 2.31. The fourth-order valence-corrected chi connectivity index (χ4v) is 3.40. The van der Waals surface area contributed by atoms with E-state index in [1.54, 1.807) is 6.07 Å². The van der Waals surface area contributed by atoms with Crippen LogP contribution in [0.5, 0.6) is 11.5 Å². The van der Waals surface area contributed by atoms with Crippen molar-refractivity contribution in [1.29, 1.82) is 0 Å². The lowest BCUT2D eigenvalue weighted by molar-refractivity contribution is -0.139. The number of aliphatic carboxylic acids is 1. The van der Waals surface area contributed by atoms with Gasteiger partial charge >= 0.3 is 5.97 Å². The van der Waals surface area contributed by atoms with Crippen LogP contribution < -0.4 is 14.2 Å². The number of carboxylic acids is 1. The molecule has 2 rings (SSSR count). The van der Waals surface area contributed by atoms with Crippen LogP contribution in [0.1, 0.15) is 20.3 Å². The van der Waals surface area contributed by atoms with Gasteiger partial charge in [-0.05, 0) is 24.5 Å². The van der Waals surface area contributed by atoms with E-state index in [1.807, 2.05) is 13.8 Å². The molecular formula is C13H17NO6S. The van der Waals surface area contributed by atoms with Gasteiger partial charge in [-0.1, -0.05) is 19.9 Å². The van der Waals surface area contributed by atoms with Crippen molar-refractivity contribution in [3.05, 3.63) is 18.2 Å². The second kappa shape index (κ2) is 5.90. The number of carbonyl (C=O) groups is 1. The molecule has 1 aliphatic heterocycles. The predicted molar refractivity (Wildman–Crippen MR) is 73.8 cm³/mol. The van der Waals surface area contributed by atoms with Gasteiger partial charge in [-0.2, -0.15) is 4.72 Å². The third kappa shape index (κ3) is 3.45. The normalized spacial score (nSPS) is 15.2. The molecule has 0 bridgehead atoms. The van der Waals surface area contributed by atoms with Crippen LogP contribution in [-0.4, -0.2) is 32.3 Å². The maximum atomic E-state index is 12.4. The molecule has 0 aromatic heterocycles. The SMILES string of the molecule is CC(C)C[C@@H](NS(=O)(=O)c1cccc2c1OCO2)C(=O)O. The van der Waals surface area contributed by atoms with E-state index in [9.17, 15) is 13.2 Å². The molecule has 1 aliphatic rings. The van der Waals surface area contributed by atoms with Crippen molar-refractivity contribution in [3.8, 4) is 11.5 Å². The molecule has 0 saturated carbocycles. The number of sulfonamides is 1. The fraction of sp³-hybridized carbons (Fsp3) is 0.462. The van der Waals surface area contributed by atoms with Crippen molar-refractivity contribution in [2.45, 2.75) is 31.2 Å². The van der Waals surface area contributed by atoms with E-state index >= 15 is 0 Å². The number of carboxylic acid groups (broad SMARTS) is 1. The Kier molecular flexibility index (Phi) is 4.38. The summed E-state index contributed by atoms with van der Waals surface area (Å²) in [6.07, 6.45) is 0.195. The smallest absolute Gasteiger partial charge is 0.321 e. The Balaban J connectivity index is 2.30. The standard InChI is InChI=1S/C13H17NO6S/c1-8(2)6-9(13(15)16)14-21(17,18)11-5-3-4-10-12(11)20-7-19-10/h3-5,8-9,14H,6-7H2,1-2H3,(H,15,16)/t9-/m1/s1. The largest absolute Gasteiger partial charge is 0.480 e. The van der Waals surface area contributed by atoms with Gasteiger partial charge in [-0.25, -0.2) is 8.42 Å². The van der Waals surface area contributed by atoms with E-state index < -0.39 is 22.0 Å². The van der Waals surface area contributed by atoms with Crippen LogP contribution in [0.15, 0.2) is 23.1 Å². The predicted octanol–water partition coefficient (Wildman–Crippen LogP) is 1.19. The highest BCUT2D eigenvalue weighted by Crippen LogP contribution is 2.37. The first kappa shape index (κ1) is 15.6. The maximum absolute atomic E-state index is 12.4.